The van der Waals surface area contributed by atoms with Gasteiger partial charge in [-0.05, 0) is 60.4 Å². The van der Waals surface area contributed by atoms with Gasteiger partial charge in [-0.1, -0.05) is 30.3 Å². The first kappa shape index (κ1) is 30.7. The van der Waals surface area contributed by atoms with Gasteiger partial charge in [-0.15, -0.1) is 0 Å². The zero-order valence-electron chi connectivity index (χ0n) is 24.0. The minimum absolute atomic E-state index is 0.0116. The summed E-state index contributed by atoms with van der Waals surface area (Å²) in [6.07, 6.45) is 0.217. The van der Waals surface area contributed by atoms with Crippen molar-refractivity contribution in [3.05, 3.63) is 77.4 Å². The number of urea groups is 1. The summed E-state index contributed by atoms with van der Waals surface area (Å²) in [6, 6.07) is 17.4. The Hall–Kier alpha value is -5.26. The Morgan fingerprint density at radius 3 is 2.42 bits per heavy atom. The van der Waals surface area contributed by atoms with Crippen LogP contribution in [-0.2, 0) is 27.2 Å². The second-order valence-corrected chi connectivity index (χ2v) is 9.84. The number of aliphatic carboxylic acids is 1. The minimum atomic E-state index is -1.02. The molecule has 0 fully saturated rings. The van der Waals surface area contributed by atoms with Gasteiger partial charge in [0.2, 0.25) is 18.6 Å². The molecule has 12 nitrogen and oxygen atoms in total. The lowest BCUT2D eigenvalue weighted by Gasteiger charge is -2.22. The molecule has 1 aliphatic heterocycles. The summed E-state index contributed by atoms with van der Waals surface area (Å²) in [5, 5.41) is 17.3. The highest BCUT2D eigenvalue weighted by molar-refractivity contribution is 6.01. The molecular formula is C31H34N4O8. The van der Waals surface area contributed by atoms with Crippen LogP contribution in [0.25, 0.3) is 0 Å². The van der Waals surface area contributed by atoms with E-state index in [0.717, 1.165) is 11.1 Å². The maximum absolute atomic E-state index is 12.9. The summed E-state index contributed by atoms with van der Waals surface area (Å²) < 4.78 is 16.1. The number of methoxy groups -OCH3 is 1. The van der Waals surface area contributed by atoms with Gasteiger partial charge in [-0.3, -0.25) is 14.4 Å². The highest BCUT2D eigenvalue weighted by Crippen LogP contribution is 2.32. The third-order valence-corrected chi connectivity index (χ3v) is 6.76. The molecule has 0 saturated heterocycles. The molecule has 0 spiro atoms. The average Bonchev–Trinajstić information content (AvgIpc) is 3.46. The molecule has 0 aliphatic carbocycles. The molecule has 4 rings (SSSR count). The number of carbonyl (C=O) groups is 4. The van der Waals surface area contributed by atoms with E-state index in [0.29, 0.717) is 40.6 Å². The molecule has 3 aromatic rings. The highest BCUT2D eigenvalue weighted by atomic mass is 16.7. The van der Waals surface area contributed by atoms with E-state index in [1.165, 1.54) is 12.0 Å². The van der Waals surface area contributed by atoms with Crippen LogP contribution >= 0.6 is 0 Å². The van der Waals surface area contributed by atoms with Crippen LogP contribution in [0, 0.1) is 6.92 Å². The van der Waals surface area contributed by atoms with Crippen LogP contribution in [0.3, 0.4) is 0 Å². The summed E-state index contributed by atoms with van der Waals surface area (Å²) in [4.78, 5) is 50.7. The van der Waals surface area contributed by atoms with E-state index in [1.54, 1.807) is 30.3 Å². The van der Waals surface area contributed by atoms with Crippen molar-refractivity contribution in [2.75, 3.05) is 44.2 Å². The van der Waals surface area contributed by atoms with Crippen LogP contribution < -0.4 is 30.2 Å². The number of fused-ring (bicyclic) bond motifs is 1. The molecule has 1 aliphatic rings. The topological polar surface area (TPSA) is 156 Å². The van der Waals surface area contributed by atoms with Crippen LogP contribution in [0.5, 0.6) is 17.2 Å². The summed E-state index contributed by atoms with van der Waals surface area (Å²) in [5.74, 6) is -0.180. The first-order chi connectivity index (χ1) is 20.7. The summed E-state index contributed by atoms with van der Waals surface area (Å²) >= 11 is 0. The van der Waals surface area contributed by atoms with E-state index in [1.807, 2.05) is 37.3 Å². The Balaban J connectivity index is 1.29. The van der Waals surface area contributed by atoms with Gasteiger partial charge in [0.15, 0.2) is 11.5 Å². The Morgan fingerprint density at radius 2 is 1.65 bits per heavy atom. The van der Waals surface area contributed by atoms with E-state index < -0.39 is 23.8 Å². The number of carboxylic acids is 1. The molecule has 4 amide bonds. The van der Waals surface area contributed by atoms with Gasteiger partial charge in [0, 0.05) is 18.8 Å². The van der Waals surface area contributed by atoms with Crippen LogP contribution in [0.15, 0.2) is 60.7 Å². The van der Waals surface area contributed by atoms with Crippen molar-refractivity contribution in [1.82, 2.24) is 10.2 Å². The maximum Gasteiger partial charge on any atom is 0.323 e. The fourth-order valence-electron chi connectivity index (χ4n) is 4.42. The van der Waals surface area contributed by atoms with Crippen LogP contribution in [-0.4, -0.2) is 67.4 Å². The SMILES string of the molecule is COc1cc(CC(=O)NCC(=O)N(CCC(=O)O)CCc2ccc3c(c2)OCO3)ccc1NC(=O)Nc1ccccc1C. The quantitative estimate of drug-likeness (QED) is 0.235. The van der Waals surface area contributed by atoms with Crippen molar-refractivity contribution < 1.29 is 38.5 Å². The third-order valence-electron chi connectivity index (χ3n) is 6.76. The Kier molecular flexibility index (Phi) is 10.4. The molecule has 43 heavy (non-hydrogen) atoms. The molecule has 4 N–H and O–H groups in total. The van der Waals surface area contributed by atoms with Crippen molar-refractivity contribution in [1.29, 1.82) is 0 Å². The molecular weight excluding hydrogens is 556 g/mol. The lowest BCUT2D eigenvalue weighted by molar-refractivity contribution is -0.139. The fraction of sp³-hybridized carbons (Fsp3) is 0.290. The number of ether oxygens (including phenoxy) is 3. The fourth-order valence-corrected chi connectivity index (χ4v) is 4.42. The van der Waals surface area contributed by atoms with Crippen molar-refractivity contribution in [2.45, 2.75) is 26.2 Å². The van der Waals surface area contributed by atoms with Gasteiger partial charge in [-0.2, -0.15) is 0 Å². The lowest BCUT2D eigenvalue weighted by Crippen LogP contribution is -2.42. The zero-order valence-corrected chi connectivity index (χ0v) is 24.0. The van der Waals surface area contributed by atoms with E-state index in [-0.39, 0.29) is 39.3 Å². The molecule has 0 saturated carbocycles. The first-order valence-electron chi connectivity index (χ1n) is 13.7. The van der Waals surface area contributed by atoms with Crippen molar-refractivity contribution in [3.8, 4) is 17.2 Å². The summed E-state index contributed by atoms with van der Waals surface area (Å²) in [6.45, 7) is 2.04. The smallest absolute Gasteiger partial charge is 0.323 e. The summed E-state index contributed by atoms with van der Waals surface area (Å²) in [5.41, 5.74) is 3.53. The lowest BCUT2D eigenvalue weighted by atomic mass is 10.1. The van der Waals surface area contributed by atoms with Crippen LogP contribution in [0.2, 0.25) is 0 Å². The Morgan fingerprint density at radius 1 is 0.907 bits per heavy atom. The second kappa shape index (κ2) is 14.6. The number of rotatable bonds is 13. The van der Waals surface area contributed by atoms with Gasteiger partial charge in [0.25, 0.3) is 0 Å². The monoisotopic (exact) mass is 590 g/mol. The first-order valence-corrected chi connectivity index (χ1v) is 13.7. The number of aryl methyl sites for hydroxylation is 1. The van der Waals surface area contributed by atoms with E-state index in [2.05, 4.69) is 16.0 Å². The number of para-hydroxylation sites is 1. The molecule has 226 valence electrons. The second-order valence-electron chi connectivity index (χ2n) is 9.84. The number of nitrogens with one attached hydrogen (secondary N) is 3. The zero-order chi connectivity index (χ0) is 30.8. The largest absolute Gasteiger partial charge is 0.495 e. The molecule has 3 aromatic carbocycles. The van der Waals surface area contributed by atoms with Crippen molar-refractivity contribution in [3.63, 3.8) is 0 Å². The number of nitrogens with zero attached hydrogens (tertiary/aromatic N) is 1. The molecule has 12 heteroatoms. The molecule has 0 atom stereocenters. The van der Waals surface area contributed by atoms with Gasteiger partial charge in [0.1, 0.15) is 5.75 Å². The normalized spacial score (nSPS) is 11.4. The maximum atomic E-state index is 12.9. The number of benzene rings is 3. The van der Waals surface area contributed by atoms with Gasteiger partial charge < -0.3 is 40.2 Å². The minimum Gasteiger partial charge on any atom is -0.495 e. The predicted octanol–water partition coefficient (Wildman–Crippen LogP) is 3.58. The van der Waals surface area contributed by atoms with Crippen LogP contribution in [0.1, 0.15) is 23.1 Å². The Bertz CT molecular complexity index is 1490. The van der Waals surface area contributed by atoms with Crippen LogP contribution in [0.4, 0.5) is 16.2 Å². The highest BCUT2D eigenvalue weighted by Gasteiger charge is 2.18. The van der Waals surface area contributed by atoms with Gasteiger partial charge >= 0.3 is 12.0 Å². The molecule has 1 heterocycles. The average molecular weight is 591 g/mol. The van der Waals surface area contributed by atoms with Crippen molar-refractivity contribution in [2.24, 2.45) is 0 Å². The van der Waals surface area contributed by atoms with E-state index >= 15 is 0 Å². The van der Waals surface area contributed by atoms with Gasteiger partial charge in [0.05, 0.1) is 32.2 Å². The molecule has 0 radical (unpaired) electrons. The third kappa shape index (κ3) is 8.86. The van der Waals surface area contributed by atoms with Gasteiger partial charge in [-0.25, -0.2) is 4.79 Å². The number of hydrogen-bond acceptors (Lipinski definition) is 7. The van der Waals surface area contributed by atoms with E-state index in [4.69, 9.17) is 19.3 Å². The standard InChI is InChI=1S/C31H34N4O8/c1-20-5-3-4-6-23(20)33-31(40)34-24-9-7-22(16-26(24)41-2)17-28(36)32-18-29(37)35(14-12-30(38)39)13-11-21-8-10-25-27(15-21)43-19-42-25/h3-10,15-16H,11-14,17-19H2,1-2H3,(H,32,36)(H,38,39)(H2,33,34,40). The number of anilines is 2. The molecule has 0 bridgehead atoms. The summed E-state index contributed by atoms with van der Waals surface area (Å²) in [7, 11) is 1.46. The number of hydrogen-bond donors (Lipinski definition) is 4. The number of amides is 4. The predicted molar refractivity (Wildman–Crippen MR) is 159 cm³/mol. The van der Waals surface area contributed by atoms with E-state index in [9.17, 15) is 19.2 Å². The Labute approximate surface area is 248 Å². The molecule has 0 unspecified atom stereocenters. The van der Waals surface area contributed by atoms with Crippen molar-refractivity contribution >= 4 is 35.2 Å². The number of carbonyl (C=O) groups excluding carboxylic acids is 3. The number of carboxylic acid groups (broad SMARTS) is 1. The molecule has 0 aromatic heterocycles.